The Morgan fingerprint density at radius 3 is 1.94 bits per heavy atom. The molecule has 16 heavy (non-hydrogen) atoms. The van der Waals surface area contributed by atoms with Gasteiger partial charge in [0.2, 0.25) is 0 Å². The summed E-state index contributed by atoms with van der Waals surface area (Å²) >= 11 is 0. The minimum atomic E-state index is -0.606. The molecule has 1 rings (SSSR count). The summed E-state index contributed by atoms with van der Waals surface area (Å²) in [6.07, 6.45) is 1.27. The third-order valence-corrected chi connectivity index (χ3v) is 2.37. The second kappa shape index (κ2) is 3.61. The molecule has 1 heterocycles. The third-order valence-electron chi connectivity index (χ3n) is 2.37. The van der Waals surface area contributed by atoms with E-state index in [4.69, 9.17) is 4.42 Å². The van der Waals surface area contributed by atoms with Gasteiger partial charge in [-0.15, -0.1) is 0 Å². The van der Waals surface area contributed by atoms with Crippen LogP contribution in [0.5, 0.6) is 0 Å². The van der Waals surface area contributed by atoms with Crippen molar-refractivity contribution in [3.05, 3.63) is 32.7 Å². The highest BCUT2D eigenvalue weighted by Gasteiger charge is 2.26. The summed E-state index contributed by atoms with van der Waals surface area (Å²) in [5.74, 6) is -0.606. The lowest BCUT2D eigenvalue weighted by molar-refractivity contribution is 0.298. The van der Waals surface area contributed by atoms with Crippen LogP contribution in [0.1, 0.15) is 47.1 Å². The highest BCUT2D eigenvalue weighted by Crippen LogP contribution is 2.18. The molecule has 0 aliphatic rings. The topological polar surface area (TPSA) is 52.2 Å². The summed E-state index contributed by atoms with van der Waals surface area (Å²) in [4.78, 5) is 23.7. The molecule has 0 fully saturated rings. The maximum Gasteiger partial charge on any atom is 0.422 e. The van der Waals surface area contributed by atoms with E-state index in [0.29, 0.717) is 5.56 Å². The maximum atomic E-state index is 12.2. The van der Waals surface area contributed by atoms with E-state index in [0.717, 1.165) is 4.57 Å². The Balaban J connectivity index is 3.66. The summed E-state index contributed by atoms with van der Waals surface area (Å²) in [6.45, 7) is 11.2. The highest BCUT2D eigenvalue weighted by molar-refractivity contribution is 5.14. The van der Waals surface area contributed by atoms with Crippen LogP contribution in [0.25, 0.3) is 0 Å². The lowest BCUT2D eigenvalue weighted by Gasteiger charge is -2.23. The van der Waals surface area contributed by atoms with Crippen molar-refractivity contribution >= 4 is 0 Å². The Morgan fingerprint density at radius 2 is 1.56 bits per heavy atom. The van der Waals surface area contributed by atoms with Gasteiger partial charge in [-0.25, -0.2) is 9.36 Å². The van der Waals surface area contributed by atoms with Gasteiger partial charge in [0.1, 0.15) is 6.26 Å². The lowest BCUT2D eigenvalue weighted by atomic mass is 9.89. The maximum absolute atomic E-state index is 12.2. The van der Waals surface area contributed by atoms with Gasteiger partial charge < -0.3 is 4.42 Å². The van der Waals surface area contributed by atoms with Gasteiger partial charge in [0.25, 0.3) is 5.56 Å². The average Bonchev–Trinajstić information content (AvgIpc) is 1.97. The zero-order chi connectivity index (χ0) is 12.7. The Labute approximate surface area is 94.9 Å². The molecule has 0 aliphatic heterocycles. The number of nitrogens with zero attached hydrogens (tertiary/aromatic N) is 1. The first-order chi connectivity index (χ1) is 7.05. The van der Waals surface area contributed by atoms with E-state index in [1.165, 1.54) is 6.26 Å². The van der Waals surface area contributed by atoms with Crippen molar-refractivity contribution in [1.82, 2.24) is 4.57 Å². The second-order valence-corrected chi connectivity index (χ2v) is 5.98. The van der Waals surface area contributed by atoms with Crippen LogP contribution >= 0.6 is 0 Å². The van der Waals surface area contributed by atoms with Crippen LogP contribution < -0.4 is 11.3 Å². The Morgan fingerprint density at radius 1 is 1.06 bits per heavy atom. The van der Waals surface area contributed by atoms with E-state index in [1.807, 2.05) is 20.8 Å². The van der Waals surface area contributed by atoms with Crippen LogP contribution in [0.4, 0.5) is 0 Å². The van der Waals surface area contributed by atoms with E-state index in [-0.39, 0.29) is 11.0 Å². The molecule has 1 aromatic heterocycles. The molecule has 0 spiro atoms. The fraction of sp³-hybridized carbons (Fsp3) is 0.667. The van der Waals surface area contributed by atoms with Gasteiger partial charge in [-0.3, -0.25) is 4.79 Å². The predicted molar refractivity (Wildman–Crippen MR) is 62.9 cm³/mol. The zero-order valence-electron chi connectivity index (χ0n) is 10.7. The first-order valence-corrected chi connectivity index (χ1v) is 5.31. The summed E-state index contributed by atoms with van der Waals surface area (Å²) in [5, 5.41) is 0. The fourth-order valence-electron chi connectivity index (χ4n) is 1.49. The SMILES string of the molecule is CC(C)(C)c1coc(=O)n(C(C)(C)C)c1=O. The van der Waals surface area contributed by atoms with Crippen LogP contribution in [0.3, 0.4) is 0 Å². The lowest BCUT2D eigenvalue weighted by Crippen LogP contribution is -2.45. The van der Waals surface area contributed by atoms with Crippen molar-refractivity contribution in [3.63, 3.8) is 0 Å². The summed E-state index contributed by atoms with van der Waals surface area (Å²) in [5.41, 5.74) is -0.654. The van der Waals surface area contributed by atoms with E-state index < -0.39 is 11.3 Å². The molecule has 0 amide bonds. The van der Waals surface area contributed by atoms with E-state index in [1.54, 1.807) is 20.8 Å². The van der Waals surface area contributed by atoms with Crippen LogP contribution in [0.15, 0.2) is 20.3 Å². The summed E-state index contributed by atoms with van der Waals surface area (Å²) < 4.78 is 6.09. The van der Waals surface area contributed by atoms with Crippen molar-refractivity contribution in [2.75, 3.05) is 0 Å². The number of hydrogen-bond donors (Lipinski definition) is 0. The van der Waals surface area contributed by atoms with E-state index in [9.17, 15) is 9.59 Å². The van der Waals surface area contributed by atoms with Gasteiger partial charge in [-0.1, -0.05) is 20.8 Å². The highest BCUT2D eigenvalue weighted by atomic mass is 16.4. The first kappa shape index (κ1) is 12.7. The largest absolute Gasteiger partial charge is 0.422 e. The van der Waals surface area contributed by atoms with Gasteiger partial charge in [-0.05, 0) is 26.2 Å². The molecule has 0 atom stereocenters. The number of rotatable bonds is 0. The van der Waals surface area contributed by atoms with E-state index >= 15 is 0 Å². The van der Waals surface area contributed by atoms with Crippen molar-refractivity contribution in [1.29, 1.82) is 0 Å². The Bertz CT molecular complexity index is 495. The molecule has 0 radical (unpaired) electrons. The third kappa shape index (κ3) is 2.26. The molecule has 0 saturated heterocycles. The number of aromatic nitrogens is 1. The molecule has 1 aromatic rings. The minimum Gasteiger partial charge on any atom is -0.417 e. The molecular weight excluding hydrogens is 206 g/mol. The monoisotopic (exact) mass is 225 g/mol. The van der Waals surface area contributed by atoms with Crippen LogP contribution in [0.2, 0.25) is 0 Å². The zero-order valence-corrected chi connectivity index (χ0v) is 10.7. The molecule has 4 heteroatoms. The van der Waals surface area contributed by atoms with Gasteiger partial charge in [0.15, 0.2) is 0 Å². The molecule has 0 aromatic carbocycles. The number of hydrogen-bond acceptors (Lipinski definition) is 3. The van der Waals surface area contributed by atoms with Gasteiger partial charge in [-0.2, -0.15) is 0 Å². The molecule has 0 bridgehead atoms. The van der Waals surface area contributed by atoms with Crippen molar-refractivity contribution in [2.45, 2.75) is 52.5 Å². The standard InChI is InChI=1S/C12H19NO3/c1-11(2,3)8-7-16-10(15)13(9(8)14)12(4,5)6/h7H,1-6H3. The Hall–Kier alpha value is -1.32. The van der Waals surface area contributed by atoms with Crippen LogP contribution in [-0.4, -0.2) is 4.57 Å². The molecule has 0 saturated carbocycles. The first-order valence-electron chi connectivity index (χ1n) is 5.31. The molecular formula is C12H19NO3. The van der Waals surface area contributed by atoms with Crippen molar-refractivity contribution < 1.29 is 4.42 Å². The van der Waals surface area contributed by atoms with Crippen LogP contribution in [-0.2, 0) is 11.0 Å². The van der Waals surface area contributed by atoms with Gasteiger partial charge in [0, 0.05) is 5.54 Å². The summed E-state index contributed by atoms with van der Waals surface area (Å²) in [6, 6.07) is 0. The molecule has 4 nitrogen and oxygen atoms in total. The Kier molecular flexibility index (Phi) is 2.88. The van der Waals surface area contributed by atoms with Crippen LogP contribution in [0, 0.1) is 0 Å². The average molecular weight is 225 g/mol. The van der Waals surface area contributed by atoms with Gasteiger partial charge >= 0.3 is 5.76 Å². The molecule has 0 unspecified atom stereocenters. The molecule has 0 N–H and O–H groups in total. The predicted octanol–water partition coefficient (Wildman–Crippen LogP) is 1.85. The van der Waals surface area contributed by atoms with Crippen molar-refractivity contribution in [3.8, 4) is 0 Å². The smallest absolute Gasteiger partial charge is 0.417 e. The van der Waals surface area contributed by atoms with Gasteiger partial charge in [0.05, 0.1) is 5.56 Å². The minimum absolute atomic E-state index is 0.267. The second-order valence-electron chi connectivity index (χ2n) is 5.98. The fourth-order valence-corrected chi connectivity index (χ4v) is 1.49. The molecule has 90 valence electrons. The van der Waals surface area contributed by atoms with E-state index in [2.05, 4.69) is 0 Å². The quantitative estimate of drug-likeness (QED) is 0.677. The molecule has 0 aliphatic carbocycles. The summed E-state index contributed by atoms with van der Waals surface area (Å²) in [7, 11) is 0. The normalized spacial score (nSPS) is 12.9. The van der Waals surface area contributed by atoms with Crippen molar-refractivity contribution in [2.24, 2.45) is 0 Å².